The van der Waals surface area contributed by atoms with Crippen LogP contribution in [0.15, 0.2) is 101 Å². The first-order valence-corrected chi connectivity index (χ1v) is 12.9. The second-order valence-corrected chi connectivity index (χ2v) is 9.81. The predicted molar refractivity (Wildman–Crippen MR) is 144 cm³/mol. The average molecular weight is 522 g/mol. The maximum atomic E-state index is 13.4. The van der Waals surface area contributed by atoms with Gasteiger partial charge in [-0.05, 0) is 66.1 Å². The molecular weight excluding hydrogens is 494 g/mol. The normalized spacial score (nSPS) is 19.7. The number of likely N-dealkylation sites (tertiary alicyclic amines) is 1. The van der Waals surface area contributed by atoms with Crippen molar-refractivity contribution in [3.63, 3.8) is 0 Å². The second kappa shape index (κ2) is 10.2. The molecule has 1 amide bonds. The number of hydrogen-bond acceptors (Lipinski definition) is 6. The van der Waals surface area contributed by atoms with E-state index in [1.807, 2.05) is 61.5 Å². The number of furan rings is 1. The standard InChI is InChI=1S/C32H27NO6/c1-20-15-24-16-23(12-13-27(24)39-20)30(34)28-29(33(32(36)31(28)35)18-26-11-6-14-37-26)22-9-5-10-25(17-22)38-19-21-7-3-2-4-8-21/h2-14,16-17,20,29,34H,15,18-19H2,1H3/b30-28+/t20-,29-/m1/s1. The predicted octanol–water partition coefficient (Wildman–Crippen LogP) is 5.80. The van der Waals surface area contributed by atoms with E-state index in [0.717, 1.165) is 16.9 Å². The summed E-state index contributed by atoms with van der Waals surface area (Å²) >= 11 is 0. The van der Waals surface area contributed by atoms with Crippen molar-refractivity contribution in [2.45, 2.75) is 38.6 Å². The minimum absolute atomic E-state index is 0.0266. The van der Waals surface area contributed by atoms with Gasteiger partial charge in [-0.1, -0.05) is 42.5 Å². The third-order valence-electron chi connectivity index (χ3n) is 7.04. The Bertz CT molecular complexity index is 1560. The van der Waals surface area contributed by atoms with Crippen LogP contribution in [0.5, 0.6) is 11.5 Å². The largest absolute Gasteiger partial charge is 0.507 e. The Labute approximate surface area is 225 Å². The van der Waals surface area contributed by atoms with Crippen LogP contribution in [0.4, 0.5) is 0 Å². The number of carbonyl (C=O) groups is 2. The van der Waals surface area contributed by atoms with Crippen LogP contribution >= 0.6 is 0 Å². The van der Waals surface area contributed by atoms with Crippen LogP contribution in [-0.4, -0.2) is 27.8 Å². The van der Waals surface area contributed by atoms with E-state index in [1.165, 1.54) is 11.2 Å². The molecule has 0 radical (unpaired) electrons. The maximum absolute atomic E-state index is 13.4. The highest BCUT2D eigenvalue weighted by Crippen LogP contribution is 2.42. The lowest BCUT2D eigenvalue weighted by atomic mass is 9.94. The molecule has 7 nitrogen and oxygen atoms in total. The number of amides is 1. The fourth-order valence-electron chi connectivity index (χ4n) is 5.20. The number of Topliss-reactive ketones (excluding diaryl/α,β-unsaturated/α-hetero) is 1. The molecule has 2 atom stereocenters. The Kier molecular flexibility index (Phi) is 6.40. The molecular formula is C32H27NO6. The van der Waals surface area contributed by atoms with Crippen molar-refractivity contribution in [3.8, 4) is 11.5 Å². The van der Waals surface area contributed by atoms with E-state index in [0.29, 0.717) is 35.7 Å². The lowest BCUT2D eigenvalue weighted by Crippen LogP contribution is -2.29. The molecule has 2 aliphatic heterocycles. The number of rotatable bonds is 7. The van der Waals surface area contributed by atoms with Gasteiger partial charge < -0.3 is 23.9 Å². The van der Waals surface area contributed by atoms with Gasteiger partial charge in [-0.25, -0.2) is 0 Å². The minimum atomic E-state index is -0.834. The molecule has 2 aliphatic rings. The Morgan fingerprint density at radius 2 is 1.85 bits per heavy atom. The van der Waals surface area contributed by atoms with Gasteiger partial charge in [-0.2, -0.15) is 0 Å². The second-order valence-electron chi connectivity index (χ2n) is 9.81. The first-order valence-electron chi connectivity index (χ1n) is 12.9. The lowest BCUT2D eigenvalue weighted by Gasteiger charge is -2.25. The van der Waals surface area contributed by atoms with E-state index in [9.17, 15) is 14.7 Å². The first kappa shape index (κ1) is 24.6. The summed E-state index contributed by atoms with van der Waals surface area (Å²) in [6.45, 7) is 2.42. The molecule has 3 aromatic carbocycles. The molecule has 0 aliphatic carbocycles. The van der Waals surface area contributed by atoms with Crippen molar-refractivity contribution in [1.82, 2.24) is 4.90 Å². The molecule has 0 bridgehead atoms. The number of nitrogens with zero attached hydrogens (tertiary/aromatic N) is 1. The zero-order valence-electron chi connectivity index (χ0n) is 21.4. The van der Waals surface area contributed by atoms with Crippen LogP contribution in [0.25, 0.3) is 5.76 Å². The summed E-state index contributed by atoms with van der Waals surface area (Å²) in [7, 11) is 0. The van der Waals surface area contributed by atoms with Crippen molar-refractivity contribution in [3.05, 3.63) is 125 Å². The highest BCUT2D eigenvalue weighted by atomic mass is 16.5. The van der Waals surface area contributed by atoms with Gasteiger partial charge >= 0.3 is 0 Å². The summed E-state index contributed by atoms with van der Waals surface area (Å²) in [5.74, 6) is 0.206. The zero-order valence-corrected chi connectivity index (χ0v) is 21.4. The number of ketones is 1. The van der Waals surface area contributed by atoms with E-state index < -0.39 is 17.7 Å². The Balaban J connectivity index is 1.40. The SMILES string of the molecule is C[C@@H]1Cc2cc(/C(O)=C3\C(=O)C(=O)N(Cc4ccco4)[C@@H]3c3cccc(OCc4ccccc4)c3)ccc2O1. The molecule has 7 heteroatoms. The van der Waals surface area contributed by atoms with Crippen molar-refractivity contribution in [2.24, 2.45) is 0 Å². The molecule has 196 valence electrons. The summed E-state index contributed by atoms with van der Waals surface area (Å²) in [6, 6.07) is 25.0. The summed E-state index contributed by atoms with van der Waals surface area (Å²) in [4.78, 5) is 28.2. The number of aliphatic hydroxyl groups is 1. The van der Waals surface area contributed by atoms with E-state index >= 15 is 0 Å². The van der Waals surface area contributed by atoms with Crippen LogP contribution < -0.4 is 9.47 Å². The van der Waals surface area contributed by atoms with Crippen LogP contribution in [0.3, 0.4) is 0 Å². The molecule has 1 fully saturated rings. The van der Waals surface area contributed by atoms with Crippen LogP contribution in [0, 0.1) is 0 Å². The van der Waals surface area contributed by atoms with E-state index in [1.54, 1.807) is 30.3 Å². The van der Waals surface area contributed by atoms with Crippen LogP contribution in [-0.2, 0) is 29.2 Å². The van der Waals surface area contributed by atoms with E-state index in [2.05, 4.69) is 0 Å². The van der Waals surface area contributed by atoms with Gasteiger partial charge in [0.25, 0.3) is 11.7 Å². The molecule has 0 unspecified atom stereocenters. The van der Waals surface area contributed by atoms with Crippen molar-refractivity contribution < 1.29 is 28.6 Å². The molecule has 1 N–H and O–H groups in total. The Morgan fingerprint density at radius 1 is 1.00 bits per heavy atom. The summed E-state index contributed by atoms with van der Waals surface area (Å²) in [5.41, 5.74) is 3.10. The number of hydrogen-bond donors (Lipinski definition) is 1. The summed E-state index contributed by atoms with van der Waals surface area (Å²) < 4.78 is 17.3. The summed E-state index contributed by atoms with van der Waals surface area (Å²) in [6.07, 6.45) is 2.26. The van der Waals surface area contributed by atoms with E-state index in [-0.39, 0.29) is 24.0 Å². The van der Waals surface area contributed by atoms with Crippen LogP contribution in [0.1, 0.15) is 41.0 Å². The topological polar surface area (TPSA) is 89.2 Å². The van der Waals surface area contributed by atoms with Gasteiger partial charge in [0.15, 0.2) is 0 Å². The number of benzene rings is 3. The summed E-state index contributed by atoms with van der Waals surface area (Å²) in [5, 5.41) is 11.5. The number of fused-ring (bicyclic) bond motifs is 1. The smallest absolute Gasteiger partial charge is 0.296 e. The van der Waals surface area contributed by atoms with Gasteiger partial charge in [0.1, 0.15) is 35.7 Å². The Hall–Kier alpha value is -4.78. The lowest BCUT2D eigenvalue weighted by molar-refractivity contribution is -0.140. The van der Waals surface area contributed by atoms with Crippen molar-refractivity contribution in [2.75, 3.05) is 0 Å². The van der Waals surface area contributed by atoms with Gasteiger partial charge in [0, 0.05) is 12.0 Å². The highest BCUT2D eigenvalue weighted by molar-refractivity contribution is 6.46. The molecule has 3 heterocycles. The van der Waals surface area contributed by atoms with Gasteiger partial charge in [-0.3, -0.25) is 9.59 Å². The zero-order chi connectivity index (χ0) is 26.9. The average Bonchev–Trinajstić information content (AvgIpc) is 3.66. The first-order chi connectivity index (χ1) is 19.0. The molecule has 0 spiro atoms. The Morgan fingerprint density at radius 3 is 2.64 bits per heavy atom. The third kappa shape index (κ3) is 4.79. The molecule has 1 saturated heterocycles. The molecule has 39 heavy (non-hydrogen) atoms. The number of carbonyl (C=O) groups excluding carboxylic acids is 2. The van der Waals surface area contributed by atoms with Crippen molar-refractivity contribution in [1.29, 1.82) is 0 Å². The monoisotopic (exact) mass is 521 g/mol. The van der Waals surface area contributed by atoms with Crippen LogP contribution in [0.2, 0.25) is 0 Å². The van der Waals surface area contributed by atoms with Gasteiger partial charge in [0.05, 0.1) is 24.4 Å². The molecule has 1 aromatic heterocycles. The third-order valence-corrected chi connectivity index (χ3v) is 7.04. The molecule has 4 aromatic rings. The maximum Gasteiger partial charge on any atom is 0.296 e. The quantitative estimate of drug-likeness (QED) is 0.188. The number of aliphatic hydroxyl groups excluding tert-OH is 1. The minimum Gasteiger partial charge on any atom is -0.507 e. The molecule has 6 rings (SSSR count). The van der Waals surface area contributed by atoms with E-state index in [4.69, 9.17) is 13.9 Å². The molecule has 0 saturated carbocycles. The fraction of sp³-hybridized carbons (Fsp3) is 0.188. The highest BCUT2D eigenvalue weighted by Gasteiger charge is 2.46. The van der Waals surface area contributed by atoms with Gasteiger partial charge in [0.2, 0.25) is 0 Å². The number of ether oxygens (including phenoxy) is 2. The fourth-order valence-corrected chi connectivity index (χ4v) is 5.20. The van der Waals surface area contributed by atoms with Crippen molar-refractivity contribution >= 4 is 17.4 Å². The van der Waals surface area contributed by atoms with Gasteiger partial charge in [-0.15, -0.1) is 0 Å².